The highest BCUT2D eigenvalue weighted by Crippen LogP contribution is 2.15. The van der Waals surface area contributed by atoms with Gasteiger partial charge in [0.25, 0.3) is 0 Å². The summed E-state index contributed by atoms with van der Waals surface area (Å²) in [5, 5.41) is 13.8. The highest BCUT2D eigenvalue weighted by molar-refractivity contribution is 7.71. The Labute approximate surface area is 154 Å². The van der Waals surface area contributed by atoms with Crippen molar-refractivity contribution in [2.24, 2.45) is 5.10 Å². The van der Waals surface area contributed by atoms with Crippen molar-refractivity contribution in [2.75, 3.05) is 0 Å². The minimum atomic E-state index is -0.262. The minimum Gasteiger partial charge on any atom is -0.250 e. The molecular formula is C20H15FN4S. The summed E-state index contributed by atoms with van der Waals surface area (Å²) in [5.74, 6) is 0.403. The van der Waals surface area contributed by atoms with Crippen LogP contribution in [-0.4, -0.2) is 21.1 Å². The SMILES string of the molecule is Fc1ccc(Cc2n[nH]c(=S)n2/N=C\c2ccc3ccccc3c2)cc1. The standard InChI is InChI=1S/C20H15FN4S/c21-18-9-6-14(7-10-18)12-19-23-24-20(26)25(19)22-13-15-5-8-16-3-1-2-4-17(16)11-15/h1-11,13H,12H2,(H,24,26)/b22-13-. The van der Waals surface area contributed by atoms with E-state index in [-0.39, 0.29) is 5.82 Å². The molecule has 0 spiro atoms. The number of aromatic nitrogens is 3. The number of benzene rings is 3. The molecular weight excluding hydrogens is 347 g/mol. The summed E-state index contributed by atoms with van der Waals surface area (Å²) in [5.41, 5.74) is 1.90. The van der Waals surface area contributed by atoms with Gasteiger partial charge in [-0.25, -0.2) is 4.39 Å². The van der Waals surface area contributed by atoms with Gasteiger partial charge in [0.15, 0.2) is 5.82 Å². The molecule has 4 rings (SSSR count). The molecule has 0 atom stereocenters. The fraction of sp³-hybridized carbons (Fsp3) is 0.0500. The Kier molecular flexibility index (Phi) is 4.41. The van der Waals surface area contributed by atoms with Crippen LogP contribution in [0.5, 0.6) is 0 Å². The van der Waals surface area contributed by atoms with Gasteiger partial charge in [0, 0.05) is 6.42 Å². The highest BCUT2D eigenvalue weighted by Gasteiger charge is 2.06. The first-order valence-corrected chi connectivity index (χ1v) is 8.54. The molecule has 0 bridgehead atoms. The van der Waals surface area contributed by atoms with E-state index in [1.165, 1.54) is 17.5 Å². The monoisotopic (exact) mass is 362 g/mol. The number of H-pyrrole nitrogens is 1. The summed E-state index contributed by atoms with van der Waals surface area (Å²) in [6.45, 7) is 0. The fourth-order valence-corrected chi connectivity index (χ4v) is 2.95. The van der Waals surface area contributed by atoms with Gasteiger partial charge in [0.05, 0.1) is 6.21 Å². The molecule has 0 fully saturated rings. The van der Waals surface area contributed by atoms with Crippen LogP contribution in [0.1, 0.15) is 17.0 Å². The molecule has 0 unspecified atom stereocenters. The van der Waals surface area contributed by atoms with Crippen molar-refractivity contribution >= 4 is 29.2 Å². The lowest BCUT2D eigenvalue weighted by Crippen LogP contribution is -2.00. The van der Waals surface area contributed by atoms with E-state index in [0.29, 0.717) is 17.0 Å². The average Bonchev–Trinajstić information content (AvgIpc) is 3.01. The van der Waals surface area contributed by atoms with Crippen molar-refractivity contribution in [2.45, 2.75) is 6.42 Å². The van der Waals surface area contributed by atoms with E-state index in [2.05, 4.69) is 39.6 Å². The van der Waals surface area contributed by atoms with Crippen molar-refractivity contribution < 1.29 is 4.39 Å². The van der Waals surface area contributed by atoms with E-state index in [0.717, 1.165) is 16.5 Å². The maximum Gasteiger partial charge on any atom is 0.216 e. The Hall–Kier alpha value is -3.12. The molecule has 0 saturated heterocycles. The lowest BCUT2D eigenvalue weighted by atomic mass is 10.1. The van der Waals surface area contributed by atoms with E-state index in [9.17, 15) is 4.39 Å². The quantitative estimate of drug-likeness (QED) is 0.422. The molecule has 1 heterocycles. The largest absolute Gasteiger partial charge is 0.250 e. The van der Waals surface area contributed by atoms with Gasteiger partial charge < -0.3 is 0 Å². The molecule has 0 aliphatic rings. The summed E-state index contributed by atoms with van der Waals surface area (Å²) >= 11 is 5.27. The van der Waals surface area contributed by atoms with Crippen LogP contribution in [0, 0.1) is 10.6 Å². The smallest absolute Gasteiger partial charge is 0.216 e. The molecule has 1 aromatic heterocycles. The zero-order valence-corrected chi connectivity index (χ0v) is 14.6. The second-order valence-corrected chi connectivity index (χ2v) is 6.30. The molecule has 4 aromatic rings. The van der Waals surface area contributed by atoms with Crippen LogP contribution in [0.15, 0.2) is 71.8 Å². The van der Waals surface area contributed by atoms with Crippen LogP contribution < -0.4 is 0 Å². The third kappa shape index (κ3) is 3.45. The molecule has 0 aliphatic carbocycles. The second kappa shape index (κ2) is 7.01. The predicted molar refractivity (Wildman–Crippen MR) is 104 cm³/mol. The summed E-state index contributed by atoms with van der Waals surface area (Å²) in [7, 11) is 0. The third-order valence-corrected chi connectivity index (χ3v) is 4.35. The van der Waals surface area contributed by atoms with Crippen LogP contribution in [0.4, 0.5) is 4.39 Å². The fourth-order valence-electron chi connectivity index (χ4n) is 2.76. The van der Waals surface area contributed by atoms with Crippen molar-refractivity contribution in [1.82, 2.24) is 14.9 Å². The van der Waals surface area contributed by atoms with Crippen LogP contribution in [0.25, 0.3) is 10.8 Å². The predicted octanol–water partition coefficient (Wildman–Crippen LogP) is 4.71. The van der Waals surface area contributed by atoms with Crippen molar-refractivity contribution in [1.29, 1.82) is 0 Å². The topological polar surface area (TPSA) is 46.0 Å². The lowest BCUT2D eigenvalue weighted by molar-refractivity contribution is 0.627. The van der Waals surface area contributed by atoms with Gasteiger partial charge in [-0.05, 0) is 52.3 Å². The Balaban J connectivity index is 1.62. The Bertz CT molecular complexity index is 1140. The maximum absolute atomic E-state index is 13.1. The number of aromatic amines is 1. The number of halogens is 1. The second-order valence-electron chi connectivity index (χ2n) is 5.91. The summed E-state index contributed by atoms with van der Waals surface area (Å²) in [4.78, 5) is 0. The number of fused-ring (bicyclic) bond motifs is 1. The van der Waals surface area contributed by atoms with Gasteiger partial charge in [-0.1, -0.05) is 48.5 Å². The Morgan fingerprint density at radius 2 is 1.81 bits per heavy atom. The van der Waals surface area contributed by atoms with Crippen molar-refractivity contribution in [3.05, 3.63) is 94.3 Å². The number of hydrogen-bond acceptors (Lipinski definition) is 3. The van der Waals surface area contributed by atoms with Crippen LogP contribution in [0.3, 0.4) is 0 Å². The molecule has 6 heteroatoms. The number of nitrogens with one attached hydrogen (secondary N) is 1. The molecule has 3 aromatic carbocycles. The lowest BCUT2D eigenvalue weighted by Gasteiger charge is -2.02. The molecule has 0 radical (unpaired) electrons. The third-order valence-electron chi connectivity index (χ3n) is 4.09. The van der Waals surface area contributed by atoms with Crippen LogP contribution in [-0.2, 0) is 6.42 Å². The first kappa shape index (κ1) is 16.4. The Morgan fingerprint density at radius 1 is 1.04 bits per heavy atom. The van der Waals surface area contributed by atoms with Gasteiger partial charge >= 0.3 is 0 Å². The number of nitrogens with zero attached hydrogens (tertiary/aromatic N) is 3. The average molecular weight is 362 g/mol. The van der Waals surface area contributed by atoms with Gasteiger partial charge in [-0.2, -0.15) is 14.9 Å². The van der Waals surface area contributed by atoms with Gasteiger partial charge in [-0.15, -0.1) is 0 Å². The van der Waals surface area contributed by atoms with Gasteiger partial charge in [0.1, 0.15) is 5.82 Å². The van der Waals surface area contributed by atoms with Crippen molar-refractivity contribution in [3.63, 3.8) is 0 Å². The maximum atomic E-state index is 13.1. The van der Waals surface area contributed by atoms with Crippen LogP contribution in [0.2, 0.25) is 0 Å². The molecule has 26 heavy (non-hydrogen) atoms. The molecule has 1 N–H and O–H groups in total. The van der Waals surface area contributed by atoms with Gasteiger partial charge in [0.2, 0.25) is 4.77 Å². The van der Waals surface area contributed by atoms with E-state index in [4.69, 9.17) is 12.2 Å². The number of hydrogen-bond donors (Lipinski definition) is 1. The first-order chi connectivity index (χ1) is 12.7. The number of rotatable bonds is 4. The van der Waals surface area contributed by atoms with Crippen LogP contribution >= 0.6 is 12.2 Å². The van der Waals surface area contributed by atoms with E-state index >= 15 is 0 Å². The highest BCUT2D eigenvalue weighted by atomic mass is 32.1. The van der Waals surface area contributed by atoms with Gasteiger partial charge in [-0.3, -0.25) is 5.10 Å². The Morgan fingerprint density at radius 3 is 2.62 bits per heavy atom. The van der Waals surface area contributed by atoms with E-state index in [1.807, 2.05) is 18.2 Å². The first-order valence-electron chi connectivity index (χ1n) is 8.13. The normalized spacial score (nSPS) is 11.4. The van der Waals surface area contributed by atoms with E-state index in [1.54, 1.807) is 23.0 Å². The zero-order chi connectivity index (χ0) is 17.9. The molecule has 0 saturated carbocycles. The summed E-state index contributed by atoms with van der Waals surface area (Å²) in [6, 6.07) is 20.6. The molecule has 4 nitrogen and oxygen atoms in total. The van der Waals surface area contributed by atoms with Crippen molar-refractivity contribution in [3.8, 4) is 0 Å². The summed E-state index contributed by atoms with van der Waals surface area (Å²) < 4.78 is 15.1. The minimum absolute atomic E-state index is 0.262. The summed E-state index contributed by atoms with van der Waals surface area (Å²) in [6.07, 6.45) is 2.26. The molecule has 0 amide bonds. The van der Waals surface area contributed by atoms with E-state index < -0.39 is 0 Å². The zero-order valence-electron chi connectivity index (χ0n) is 13.8. The molecule has 128 valence electrons. The molecule has 0 aliphatic heterocycles.